The van der Waals surface area contributed by atoms with Crippen molar-refractivity contribution in [2.45, 2.75) is 12.1 Å². The van der Waals surface area contributed by atoms with Gasteiger partial charge in [-0.05, 0) is 0 Å². The predicted molar refractivity (Wildman–Crippen MR) is 61.1 cm³/mol. The van der Waals surface area contributed by atoms with Gasteiger partial charge >= 0.3 is 0 Å². The van der Waals surface area contributed by atoms with E-state index in [4.69, 9.17) is 0 Å². The highest BCUT2D eigenvalue weighted by Crippen LogP contribution is 2.19. The van der Waals surface area contributed by atoms with Gasteiger partial charge in [0, 0.05) is 32.3 Å². The molecule has 0 unspecified atom stereocenters. The lowest BCUT2D eigenvalue weighted by atomic mass is 10.1. The van der Waals surface area contributed by atoms with Crippen LogP contribution in [0, 0.1) is 17.5 Å². The molecule has 104 valence electrons. The summed E-state index contributed by atoms with van der Waals surface area (Å²) in [5.74, 6) is -4.52. The Hall–Kier alpha value is -1.60. The Morgan fingerprint density at radius 2 is 1.89 bits per heavy atom. The van der Waals surface area contributed by atoms with Crippen molar-refractivity contribution in [2.24, 2.45) is 0 Å². The largest absolute Gasteiger partial charge is 0.390 e. The van der Waals surface area contributed by atoms with E-state index in [-0.39, 0.29) is 0 Å². The van der Waals surface area contributed by atoms with Gasteiger partial charge in [0.25, 0.3) is 5.91 Å². The van der Waals surface area contributed by atoms with Crippen LogP contribution in [0.5, 0.6) is 0 Å². The molecule has 0 bridgehead atoms. The molecule has 4 nitrogen and oxygen atoms in total. The molecule has 1 fully saturated rings. The van der Waals surface area contributed by atoms with E-state index in [9.17, 15) is 23.1 Å². The minimum absolute atomic E-state index is 0.302. The number of likely N-dealkylation sites (N-methyl/N-ethyl adjacent to an activating group) is 1. The molecular formula is C12H13F3N2O2. The Kier molecular flexibility index (Phi) is 3.77. The number of nitrogens with one attached hydrogen (secondary N) is 1. The summed E-state index contributed by atoms with van der Waals surface area (Å²) in [4.78, 5) is 13.1. The minimum Gasteiger partial charge on any atom is -0.390 e. The molecule has 1 aromatic carbocycles. The standard InChI is InChI=1S/C12H13F3N2O2/c1-17(9-4-16-5-10(9)18)12(19)11-7(14)2-6(13)3-8(11)15/h2-3,9-10,16,18H,4-5H2,1H3/t9-,10-/m0/s1. The second kappa shape index (κ2) is 5.18. The van der Waals surface area contributed by atoms with Crippen LogP contribution in [-0.2, 0) is 0 Å². The molecule has 2 N–H and O–H groups in total. The van der Waals surface area contributed by atoms with Gasteiger partial charge in [0.1, 0.15) is 23.0 Å². The Bertz CT molecular complexity index is 487. The van der Waals surface area contributed by atoms with E-state index in [1.165, 1.54) is 7.05 Å². The zero-order valence-corrected chi connectivity index (χ0v) is 10.2. The summed E-state index contributed by atoms with van der Waals surface area (Å²) in [6.07, 6.45) is -0.805. The Labute approximate surface area is 107 Å². The average Bonchev–Trinajstić information content (AvgIpc) is 2.73. The molecule has 0 saturated carbocycles. The quantitative estimate of drug-likeness (QED) is 0.826. The number of carbonyl (C=O) groups is 1. The van der Waals surface area contributed by atoms with Gasteiger partial charge in [-0.3, -0.25) is 4.79 Å². The highest BCUT2D eigenvalue weighted by Gasteiger charge is 2.33. The van der Waals surface area contributed by atoms with Crippen LogP contribution in [0.1, 0.15) is 10.4 Å². The average molecular weight is 274 g/mol. The molecule has 0 radical (unpaired) electrons. The van der Waals surface area contributed by atoms with Gasteiger partial charge in [-0.2, -0.15) is 0 Å². The summed E-state index contributed by atoms with van der Waals surface area (Å²) >= 11 is 0. The van der Waals surface area contributed by atoms with Crippen LogP contribution in [0.4, 0.5) is 13.2 Å². The van der Waals surface area contributed by atoms with Crippen LogP contribution >= 0.6 is 0 Å². The predicted octanol–water partition coefficient (Wildman–Crippen LogP) is 0.509. The number of halogens is 3. The number of aliphatic hydroxyl groups is 1. The van der Waals surface area contributed by atoms with Crippen LogP contribution in [-0.4, -0.2) is 48.2 Å². The molecular weight excluding hydrogens is 261 g/mol. The van der Waals surface area contributed by atoms with E-state index in [0.717, 1.165) is 4.90 Å². The molecule has 1 saturated heterocycles. The third-order valence-corrected chi connectivity index (χ3v) is 3.19. The number of nitrogens with zero attached hydrogens (tertiary/aromatic N) is 1. The highest BCUT2D eigenvalue weighted by molar-refractivity contribution is 5.94. The van der Waals surface area contributed by atoms with Crippen molar-refractivity contribution in [3.63, 3.8) is 0 Å². The first-order chi connectivity index (χ1) is 8.91. The van der Waals surface area contributed by atoms with Crippen molar-refractivity contribution in [1.82, 2.24) is 10.2 Å². The summed E-state index contributed by atoms with van der Waals surface area (Å²) < 4.78 is 39.8. The Morgan fingerprint density at radius 3 is 2.37 bits per heavy atom. The molecule has 1 heterocycles. The van der Waals surface area contributed by atoms with Crippen molar-refractivity contribution in [1.29, 1.82) is 0 Å². The van der Waals surface area contributed by atoms with Crippen molar-refractivity contribution >= 4 is 5.91 Å². The topological polar surface area (TPSA) is 52.6 Å². The molecule has 2 rings (SSSR count). The molecule has 1 aliphatic rings. The van der Waals surface area contributed by atoms with Gasteiger partial charge in [0.05, 0.1) is 12.1 Å². The molecule has 2 atom stereocenters. The maximum Gasteiger partial charge on any atom is 0.259 e. The van der Waals surface area contributed by atoms with Crippen LogP contribution in [0.15, 0.2) is 12.1 Å². The zero-order chi connectivity index (χ0) is 14.2. The number of hydrogen-bond donors (Lipinski definition) is 2. The molecule has 0 aromatic heterocycles. The molecule has 0 spiro atoms. The van der Waals surface area contributed by atoms with Crippen molar-refractivity contribution in [3.8, 4) is 0 Å². The van der Waals surface area contributed by atoms with Crippen molar-refractivity contribution in [3.05, 3.63) is 35.1 Å². The fourth-order valence-corrected chi connectivity index (χ4v) is 2.12. The highest BCUT2D eigenvalue weighted by atomic mass is 19.1. The third-order valence-electron chi connectivity index (χ3n) is 3.19. The number of aliphatic hydroxyl groups excluding tert-OH is 1. The molecule has 1 amide bonds. The molecule has 7 heteroatoms. The lowest BCUT2D eigenvalue weighted by Crippen LogP contribution is -2.44. The van der Waals surface area contributed by atoms with Crippen molar-refractivity contribution in [2.75, 3.05) is 20.1 Å². The van der Waals surface area contributed by atoms with E-state index in [1.54, 1.807) is 0 Å². The lowest BCUT2D eigenvalue weighted by Gasteiger charge is -2.26. The maximum absolute atomic E-state index is 13.5. The van der Waals surface area contributed by atoms with E-state index in [0.29, 0.717) is 25.2 Å². The van der Waals surface area contributed by atoms with Gasteiger partial charge in [-0.15, -0.1) is 0 Å². The summed E-state index contributed by atoms with van der Waals surface area (Å²) in [6, 6.07) is 0.331. The maximum atomic E-state index is 13.5. The molecule has 0 aliphatic carbocycles. The Morgan fingerprint density at radius 1 is 1.32 bits per heavy atom. The normalized spacial score (nSPS) is 22.6. The van der Waals surface area contributed by atoms with Gasteiger partial charge < -0.3 is 15.3 Å². The van der Waals surface area contributed by atoms with Crippen LogP contribution in [0.25, 0.3) is 0 Å². The second-order valence-corrected chi connectivity index (χ2v) is 4.45. The van der Waals surface area contributed by atoms with E-state index in [2.05, 4.69) is 5.32 Å². The molecule has 1 aromatic rings. The van der Waals surface area contributed by atoms with Crippen molar-refractivity contribution < 1.29 is 23.1 Å². The smallest absolute Gasteiger partial charge is 0.259 e. The lowest BCUT2D eigenvalue weighted by molar-refractivity contribution is 0.0572. The first-order valence-electron chi connectivity index (χ1n) is 5.72. The number of hydrogen-bond acceptors (Lipinski definition) is 3. The Balaban J connectivity index is 2.29. The monoisotopic (exact) mass is 274 g/mol. The number of rotatable bonds is 2. The first-order valence-corrected chi connectivity index (χ1v) is 5.72. The number of benzene rings is 1. The van der Waals surface area contributed by atoms with E-state index >= 15 is 0 Å². The van der Waals surface area contributed by atoms with Gasteiger partial charge in [-0.1, -0.05) is 0 Å². The van der Waals surface area contributed by atoms with Gasteiger partial charge in [0.15, 0.2) is 0 Å². The van der Waals surface area contributed by atoms with Gasteiger partial charge in [-0.25, -0.2) is 13.2 Å². The fourth-order valence-electron chi connectivity index (χ4n) is 2.12. The van der Waals surface area contributed by atoms with E-state index in [1.807, 2.05) is 0 Å². The summed E-state index contributed by atoms with van der Waals surface area (Å²) in [5.41, 5.74) is -0.817. The first kappa shape index (κ1) is 13.8. The number of amides is 1. The number of β-amino-alcohol motifs (C(OH)–C–C–N with tert-alkyl or cyclic N) is 1. The third kappa shape index (κ3) is 2.57. The summed E-state index contributed by atoms with van der Waals surface area (Å²) in [6.45, 7) is 0.629. The minimum atomic E-state index is -1.25. The fraction of sp³-hybridized carbons (Fsp3) is 0.417. The second-order valence-electron chi connectivity index (χ2n) is 4.45. The zero-order valence-electron chi connectivity index (χ0n) is 10.2. The van der Waals surface area contributed by atoms with Crippen LogP contribution in [0.3, 0.4) is 0 Å². The summed E-state index contributed by atoms with van der Waals surface area (Å²) in [5, 5.41) is 12.5. The van der Waals surface area contributed by atoms with E-state index < -0.39 is 41.1 Å². The molecule has 19 heavy (non-hydrogen) atoms. The van der Waals surface area contributed by atoms with Crippen LogP contribution < -0.4 is 5.32 Å². The van der Waals surface area contributed by atoms with Gasteiger partial charge in [0.2, 0.25) is 0 Å². The molecule has 1 aliphatic heterocycles. The summed E-state index contributed by atoms with van der Waals surface area (Å²) in [7, 11) is 1.34. The number of carbonyl (C=O) groups excluding carboxylic acids is 1. The van der Waals surface area contributed by atoms with Crippen LogP contribution in [0.2, 0.25) is 0 Å². The SMILES string of the molecule is CN(C(=O)c1c(F)cc(F)cc1F)[C@H]1CNC[C@@H]1O.